The van der Waals surface area contributed by atoms with Crippen LogP contribution in [0.3, 0.4) is 0 Å². The largest absolute Gasteiger partial charge is 0.322 e. The molecule has 1 amide bonds. The summed E-state index contributed by atoms with van der Waals surface area (Å²) in [6.45, 7) is 1.92. The van der Waals surface area contributed by atoms with Crippen LogP contribution in [0.5, 0.6) is 0 Å². The van der Waals surface area contributed by atoms with Gasteiger partial charge in [-0.3, -0.25) is 4.79 Å². The average molecular weight is 256 g/mol. The number of hydrogen-bond acceptors (Lipinski definition) is 3. The first kappa shape index (κ1) is 12.3. The van der Waals surface area contributed by atoms with Crippen LogP contribution in [0.1, 0.15) is 21.5 Å². The molecule has 1 heterocycles. The van der Waals surface area contributed by atoms with E-state index in [1.807, 2.05) is 41.9 Å². The summed E-state index contributed by atoms with van der Waals surface area (Å²) in [7, 11) is 0. The molecule has 0 atom stereocenters. The number of benzene rings is 1. The molecular weight excluding hydrogens is 244 g/mol. The summed E-state index contributed by atoms with van der Waals surface area (Å²) in [5.41, 5.74) is 3.38. The Bertz CT molecular complexity index is 593. The number of rotatable bonds is 3. The maximum atomic E-state index is 11.9. The molecule has 0 unspecified atom stereocenters. The lowest BCUT2D eigenvalue weighted by Gasteiger charge is -2.05. The Morgan fingerprint density at radius 1 is 1.33 bits per heavy atom. The van der Waals surface area contributed by atoms with Crippen LogP contribution in [-0.4, -0.2) is 5.91 Å². The summed E-state index contributed by atoms with van der Waals surface area (Å²) >= 11 is 1.52. The molecule has 0 saturated carbocycles. The summed E-state index contributed by atoms with van der Waals surface area (Å²) in [4.78, 5) is 11.9. The Hall–Kier alpha value is -2.12. The van der Waals surface area contributed by atoms with Gasteiger partial charge in [-0.2, -0.15) is 16.6 Å². The minimum absolute atomic E-state index is 0.0956. The highest BCUT2D eigenvalue weighted by atomic mass is 32.1. The normalized spacial score (nSPS) is 9.78. The number of aryl methyl sites for hydroxylation is 1. The minimum atomic E-state index is -0.0956. The van der Waals surface area contributed by atoms with E-state index in [-0.39, 0.29) is 5.91 Å². The smallest absolute Gasteiger partial charge is 0.256 e. The fraction of sp³-hybridized carbons (Fsp3) is 0.143. The Morgan fingerprint density at radius 2 is 2.06 bits per heavy atom. The van der Waals surface area contributed by atoms with Gasteiger partial charge in [0, 0.05) is 11.1 Å². The molecule has 2 rings (SSSR count). The van der Waals surface area contributed by atoms with Gasteiger partial charge in [0.05, 0.1) is 18.1 Å². The zero-order chi connectivity index (χ0) is 13.0. The number of carbonyl (C=O) groups excluding carboxylic acids is 1. The second kappa shape index (κ2) is 5.48. The summed E-state index contributed by atoms with van der Waals surface area (Å²) < 4.78 is 0. The second-order valence-electron chi connectivity index (χ2n) is 3.95. The van der Waals surface area contributed by atoms with Crippen molar-refractivity contribution in [2.75, 3.05) is 5.32 Å². The Labute approximate surface area is 110 Å². The summed E-state index contributed by atoms with van der Waals surface area (Å²) in [5, 5.41) is 15.2. The first-order valence-corrected chi connectivity index (χ1v) is 6.45. The number of hydrogen-bond donors (Lipinski definition) is 1. The third-order valence-electron chi connectivity index (χ3n) is 2.60. The zero-order valence-corrected chi connectivity index (χ0v) is 10.8. The highest BCUT2D eigenvalue weighted by molar-refractivity contribution is 7.08. The first-order chi connectivity index (χ1) is 8.70. The first-order valence-electron chi connectivity index (χ1n) is 5.50. The van der Waals surface area contributed by atoms with Gasteiger partial charge in [-0.15, -0.1) is 0 Å². The maximum Gasteiger partial charge on any atom is 0.256 e. The molecule has 0 fully saturated rings. The number of carbonyl (C=O) groups is 1. The molecule has 0 aliphatic carbocycles. The minimum Gasteiger partial charge on any atom is -0.322 e. The number of nitriles is 1. The molecule has 18 heavy (non-hydrogen) atoms. The number of amides is 1. The fourth-order valence-electron chi connectivity index (χ4n) is 1.59. The van der Waals surface area contributed by atoms with E-state index < -0.39 is 0 Å². The molecule has 0 saturated heterocycles. The third kappa shape index (κ3) is 2.76. The molecule has 0 aliphatic heterocycles. The van der Waals surface area contributed by atoms with Crippen LogP contribution in [-0.2, 0) is 6.42 Å². The van der Waals surface area contributed by atoms with Crippen molar-refractivity contribution >= 4 is 22.9 Å². The molecule has 1 N–H and O–H groups in total. The van der Waals surface area contributed by atoms with Crippen molar-refractivity contribution in [2.45, 2.75) is 13.3 Å². The SMILES string of the molecule is Cc1cscc1C(=O)Nc1ccc(CC#N)cc1. The Kier molecular flexibility index (Phi) is 3.75. The number of anilines is 1. The Morgan fingerprint density at radius 3 is 2.61 bits per heavy atom. The number of thiophene rings is 1. The molecule has 0 bridgehead atoms. The highest BCUT2D eigenvalue weighted by Crippen LogP contribution is 2.16. The zero-order valence-electron chi connectivity index (χ0n) is 9.93. The van der Waals surface area contributed by atoms with Crippen molar-refractivity contribution in [1.82, 2.24) is 0 Å². The van der Waals surface area contributed by atoms with E-state index in [9.17, 15) is 4.79 Å². The van der Waals surface area contributed by atoms with Gasteiger partial charge in [0.1, 0.15) is 0 Å². The molecule has 0 spiro atoms. The van der Waals surface area contributed by atoms with E-state index >= 15 is 0 Å². The Balaban J connectivity index is 2.08. The topological polar surface area (TPSA) is 52.9 Å². The highest BCUT2D eigenvalue weighted by Gasteiger charge is 2.09. The van der Waals surface area contributed by atoms with E-state index in [1.165, 1.54) is 11.3 Å². The van der Waals surface area contributed by atoms with Crippen LogP contribution in [0.2, 0.25) is 0 Å². The molecular formula is C14H12N2OS. The van der Waals surface area contributed by atoms with E-state index in [1.54, 1.807) is 0 Å². The number of nitrogens with one attached hydrogen (secondary N) is 1. The monoisotopic (exact) mass is 256 g/mol. The summed E-state index contributed by atoms with van der Waals surface area (Å²) in [5.74, 6) is -0.0956. The van der Waals surface area contributed by atoms with Gasteiger partial charge < -0.3 is 5.32 Å². The van der Waals surface area contributed by atoms with Gasteiger partial charge in [0.25, 0.3) is 5.91 Å². The molecule has 3 nitrogen and oxygen atoms in total. The van der Waals surface area contributed by atoms with Crippen LogP contribution < -0.4 is 5.32 Å². The van der Waals surface area contributed by atoms with Crippen molar-refractivity contribution in [1.29, 1.82) is 5.26 Å². The van der Waals surface area contributed by atoms with Crippen LogP contribution in [0, 0.1) is 18.3 Å². The van der Waals surface area contributed by atoms with E-state index in [0.29, 0.717) is 12.0 Å². The van der Waals surface area contributed by atoms with Gasteiger partial charge in [-0.05, 0) is 35.6 Å². The van der Waals surface area contributed by atoms with Gasteiger partial charge in [0.2, 0.25) is 0 Å². The van der Waals surface area contributed by atoms with Gasteiger partial charge >= 0.3 is 0 Å². The maximum absolute atomic E-state index is 11.9. The van der Waals surface area contributed by atoms with Crippen molar-refractivity contribution < 1.29 is 4.79 Å². The molecule has 2 aromatic rings. The van der Waals surface area contributed by atoms with Gasteiger partial charge in [0.15, 0.2) is 0 Å². The van der Waals surface area contributed by atoms with Crippen molar-refractivity contribution in [3.63, 3.8) is 0 Å². The predicted octanol–water partition coefficient (Wildman–Crippen LogP) is 3.37. The van der Waals surface area contributed by atoms with E-state index in [2.05, 4.69) is 11.4 Å². The second-order valence-corrected chi connectivity index (χ2v) is 4.70. The van der Waals surface area contributed by atoms with Gasteiger partial charge in [-0.1, -0.05) is 12.1 Å². The van der Waals surface area contributed by atoms with Crippen molar-refractivity contribution in [3.8, 4) is 6.07 Å². The fourth-order valence-corrected chi connectivity index (χ4v) is 2.42. The van der Waals surface area contributed by atoms with Crippen LogP contribution in [0.4, 0.5) is 5.69 Å². The van der Waals surface area contributed by atoms with E-state index in [0.717, 1.165) is 16.8 Å². The molecule has 1 aromatic carbocycles. The lowest BCUT2D eigenvalue weighted by molar-refractivity contribution is 0.102. The van der Waals surface area contributed by atoms with Gasteiger partial charge in [-0.25, -0.2) is 0 Å². The molecule has 0 radical (unpaired) electrons. The molecule has 1 aromatic heterocycles. The number of nitrogens with zero attached hydrogens (tertiary/aromatic N) is 1. The lowest BCUT2D eigenvalue weighted by atomic mass is 10.1. The lowest BCUT2D eigenvalue weighted by Crippen LogP contribution is -2.11. The average Bonchev–Trinajstić information content (AvgIpc) is 2.78. The quantitative estimate of drug-likeness (QED) is 0.915. The molecule has 4 heteroatoms. The summed E-state index contributed by atoms with van der Waals surface area (Å²) in [6.07, 6.45) is 0.387. The standard InChI is InChI=1S/C14H12N2OS/c1-10-8-18-9-13(10)14(17)16-12-4-2-11(3-5-12)6-7-15/h2-5,8-9H,6H2,1H3,(H,16,17). The van der Waals surface area contributed by atoms with Crippen LogP contribution in [0.25, 0.3) is 0 Å². The van der Waals surface area contributed by atoms with Crippen molar-refractivity contribution in [3.05, 3.63) is 51.7 Å². The van der Waals surface area contributed by atoms with Crippen LogP contribution >= 0.6 is 11.3 Å². The summed E-state index contributed by atoms with van der Waals surface area (Å²) in [6, 6.07) is 9.40. The molecule has 90 valence electrons. The van der Waals surface area contributed by atoms with E-state index in [4.69, 9.17) is 5.26 Å². The molecule has 0 aliphatic rings. The third-order valence-corrected chi connectivity index (χ3v) is 3.46. The van der Waals surface area contributed by atoms with Crippen LogP contribution in [0.15, 0.2) is 35.0 Å². The predicted molar refractivity (Wildman–Crippen MR) is 72.8 cm³/mol. The van der Waals surface area contributed by atoms with Crippen molar-refractivity contribution in [2.24, 2.45) is 0 Å².